The topological polar surface area (TPSA) is 84.3 Å². The van der Waals surface area contributed by atoms with E-state index in [1.165, 1.54) is 7.11 Å². The molecule has 170 valence electrons. The normalized spacial score (nSPS) is 29.6. The van der Waals surface area contributed by atoms with Crippen LogP contribution in [0.1, 0.15) is 19.3 Å². The fraction of sp³-hybridized carbons (Fsp3) is 0.565. The van der Waals surface area contributed by atoms with E-state index in [-0.39, 0.29) is 35.4 Å². The van der Waals surface area contributed by atoms with Crippen molar-refractivity contribution < 1.29 is 19.1 Å². The van der Waals surface area contributed by atoms with E-state index in [9.17, 15) is 9.59 Å². The highest BCUT2D eigenvalue weighted by Gasteiger charge is 2.46. The van der Waals surface area contributed by atoms with Crippen LogP contribution in [0.4, 0.5) is 5.69 Å². The molecular weight excluding hydrogens is 432 g/mol. The summed E-state index contributed by atoms with van der Waals surface area (Å²) in [6.45, 7) is 3.18. The standard InChI is InChI=1S/C23H27ClN4O4/c1-31-23(30)21-14-2-3-15(21)12-28(11-14)16-4-6-26-20(8-16)32-17-5-7-27(13-17)18-9-25-10-19(29)22(18)24/h4,6,8-9,14-15,17,21H,2-3,5,7,10-13H2,1H3/t14?,15?,17-,21?/m1/s1. The molecule has 4 aliphatic rings. The first-order valence-electron chi connectivity index (χ1n) is 11.2. The number of rotatable bonds is 5. The molecule has 2 saturated heterocycles. The number of halogens is 1. The highest BCUT2D eigenvalue weighted by molar-refractivity contribution is 6.44. The van der Waals surface area contributed by atoms with Gasteiger partial charge in [-0.25, -0.2) is 4.98 Å². The van der Waals surface area contributed by atoms with Gasteiger partial charge in [0.2, 0.25) is 5.88 Å². The number of hydrogen-bond acceptors (Lipinski definition) is 8. The Labute approximate surface area is 192 Å². The number of dihydropyridines is 1. The third kappa shape index (κ3) is 3.96. The number of likely N-dealkylation sites (tertiary alicyclic amines) is 1. The van der Waals surface area contributed by atoms with E-state index in [2.05, 4.69) is 14.9 Å². The minimum absolute atomic E-state index is 0.0228. The Morgan fingerprint density at radius 2 is 1.94 bits per heavy atom. The van der Waals surface area contributed by atoms with Gasteiger partial charge in [0.05, 0.1) is 25.3 Å². The third-order valence-corrected chi connectivity index (χ3v) is 7.49. The Morgan fingerprint density at radius 3 is 2.69 bits per heavy atom. The summed E-state index contributed by atoms with van der Waals surface area (Å²) < 4.78 is 11.2. The lowest BCUT2D eigenvalue weighted by molar-refractivity contribution is -0.148. The quantitative estimate of drug-likeness (QED) is 0.626. The monoisotopic (exact) mass is 458 g/mol. The highest BCUT2D eigenvalue weighted by atomic mass is 35.5. The molecule has 9 heteroatoms. The van der Waals surface area contributed by atoms with Crippen LogP contribution in [-0.2, 0) is 14.3 Å². The van der Waals surface area contributed by atoms with Gasteiger partial charge in [0.1, 0.15) is 17.7 Å². The number of aliphatic imine (C=N–C) groups is 1. The molecule has 0 spiro atoms. The summed E-state index contributed by atoms with van der Waals surface area (Å²) in [5, 5.41) is 0.255. The Hall–Kier alpha value is -2.61. The van der Waals surface area contributed by atoms with E-state index in [0.29, 0.717) is 30.0 Å². The molecule has 0 aromatic carbocycles. The number of ether oxygens (including phenoxy) is 2. The number of Topliss-reactive ketones (excluding diaryl/α,β-unsaturated/α-hetero) is 1. The summed E-state index contributed by atoms with van der Waals surface area (Å²) in [5.74, 6) is 1.06. The molecule has 0 radical (unpaired) electrons. The zero-order valence-electron chi connectivity index (χ0n) is 18.1. The molecule has 3 aliphatic heterocycles. The molecule has 4 heterocycles. The van der Waals surface area contributed by atoms with Crippen LogP contribution in [0.5, 0.6) is 5.88 Å². The minimum atomic E-state index is -0.146. The van der Waals surface area contributed by atoms with Crippen molar-refractivity contribution in [1.82, 2.24) is 9.88 Å². The number of pyridine rings is 1. The van der Waals surface area contributed by atoms with Crippen molar-refractivity contribution in [3.05, 3.63) is 29.1 Å². The molecule has 32 heavy (non-hydrogen) atoms. The van der Waals surface area contributed by atoms with Crippen molar-refractivity contribution >= 4 is 35.3 Å². The Bertz CT molecular complexity index is 966. The lowest BCUT2D eigenvalue weighted by Gasteiger charge is -2.38. The predicted molar refractivity (Wildman–Crippen MR) is 120 cm³/mol. The van der Waals surface area contributed by atoms with Crippen LogP contribution in [-0.4, -0.2) is 73.8 Å². The average molecular weight is 459 g/mol. The number of nitrogens with zero attached hydrogens (tertiary/aromatic N) is 4. The van der Waals surface area contributed by atoms with Crippen molar-refractivity contribution in [1.29, 1.82) is 0 Å². The van der Waals surface area contributed by atoms with Crippen molar-refractivity contribution in [3.8, 4) is 5.88 Å². The Balaban J connectivity index is 1.23. The Morgan fingerprint density at radius 1 is 1.16 bits per heavy atom. The molecule has 1 aromatic rings. The SMILES string of the molecule is COC(=O)C1C2CCC1CN(c1ccnc(O[C@@H]3CCN(C4=C(Cl)C(=O)CN=C4)C3)c1)C2. The second-order valence-electron chi connectivity index (χ2n) is 8.97. The fourth-order valence-corrected chi connectivity index (χ4v) is 5.76. The van der Waals surface area contributed by atoms with Gasteiger partial charge in [-0.15, -0.1) is 0 Å². The lowest BCUT2D eigenvalue weighted by Crippen LogP contribution is -2.45. The first kappa shape index (κ1) is 21.2. The maximum atomic E-state index is 12.2. The summed E-state index contributed by atoms with van der Waals surface area (Å²) in [7, 11) is 1.48. The zero-order chi connectivity index (χ0) is 22.2. The van der Waals surface area contributed by atoms with Gasteiger partial charge in [0.25, 0.3) is 0 Å². The largest absolute Gasteiger partial charge is 0.472 e. The van der Waals surface area contributed by atoms with Gasteiger partial charge in [-0.3, -0.25) is 14.6 Å². The highest BCUT2D eigenvalue weighted by Crippen LogP contribution is 2.44. The van der Waals surface area contributed by atoms with Gasteiger partial charge in [0, 0.05) is 50.2 Å². The summed E-state index contributed by atoms with van der Waals surface area (Å²) >= 11 is 6.21. The minimum Gasteiger partial charge on any atom is -0.472 e. The number of carbonyl (C=O) groups excluding carboxylic acids is 2. The summed E-state index contributed by atoms with van der Waals surface area (Å²) in [6, 6.07) is 3.98. The van der Waals surface area contributed by atoms with Gasteiger partial charge in [-0.1, -0.05) is 11.6 Å². The average Bonchev–Trinajstić information content (AvgIpc) is 3.36. The number of allylic oxidation sites excluding steroid dienone is 1. The molecule has 1 aliphatic carbocycles. The maximum absolute atomic E-state index is 12.2. The fourth-order valence-electron chi connectivity index (χ4n) is 5.53. The van der Waals surface area contributed by atoms with Gasteiger partial charge in [-0.05, 0) is 30.7 Å². The number of anilines is 1. The number of aromatic nitrogens is 1. The van der Waals surface area contributed by atoms with Crippen molar-refractivity contribution in [2.24, 2.45) is 22.7 Å². The number of ketones is 1. The molecule has 3 fully saturated rings. The number of piperidine rings is 1. The molecular formula is C23H27ClN4O4. The van der Waals surface area contributed by atoms with Crippen LogP contribution >= 0.6 is 11.6 Å². The summed E-state index contributed by atoms with van der Waals surface area (Å²) in [5.41, 5.74) is 1.75. The number of hydrogen-bond donors (Lipinski definition) is 0. The third-order valence-electron chi connectivity index (χ3n) is 7.08. The maximum Gasteiger partial charge on any atom is 0.309 e. The van der Waals surface area contributed by atoms with Crippen molar-refractivity contribution in [2.75, 3.05) is 44.7 Å². The van der Waals surface area contributed by atoms with Crippen LogP contribution in [0.2, 0.25) is 0 Å². The summed E-state index contributed by atoms with van der Waals surface area (Å²) in [4.78, 5) is 36.9. The van der Waals surface area contributed by atoms with Crippen LogP contribution < -0.4 is 9.64 Å². The molecule has 5 rings (SSSR count). The second-order valence-corrected chi connectivity index (χ2v) is 9.35. The van der Waals surface area contributed by atoms with Crippen LogP contribution in [0.25, 0.3) is 0 Å². The van der Waals surface area contributed by atoms with Crippen LogP contribution in [0.3, 0.4) is 0 Å². The second kappa shape index (κ2) is 8.73. The van der Waals surface area contributed by atoms with E-state index in [4.69, 9.17) is 21.1 Å². The van der Waals surface area contributed by atoms with Crippen LogP contribution in [0.15, 0.2) is 34.1 Å². The van der Waals surface area contributed by atoms with E-state index in [1.807, 2.05) is 17.0 Å². The first-order chi connectivity index (χ1) is 15.5. The van der Waals surface area contributed by atoms with Crippen molar-refractivity contribution in [2.45, 2.75) is 25.4 Å². The van der Waals surface area contributed by atoms with Gasteiger partial charge < -0.3 is 19.3 Å². The first-order valence-corrected chi connectivity index (χ1v) is 11.5. The molecule has 1 saturated carbocycles. The molecule has 3 atom stereocenters. The molecule has 0 amide bonds. The van der Waals surface area contributed by atoms with E-state index >= 15 is 0 Å². The number of carbonyl (C=O) groups is 2. The smallest absolute Gasteiger partial charge is 0.309 e. The molecule has 2 unspecified atom stereocenters. The number of methoxy groups -OCH3 is 1. The van der Waals surface area contributed by atoms with Crippen molar-refractivity contribution in [3.63, 3.8) is 0 Å². The molecule has 8 nitrogen and oxygen atoms in total. The number of esters is 1. The van der Waals surface area contributed by atoms with Gasteiger partial charge >= 0.3 is 5.97 Å². The van der Waals surface area contributed by atoms with Gasteiger partial charge in [-0.2, -0.15) is 0 Å². The summed E-state index contributed by atoms with van der Waals surface area (Å²) in [6.07, 6.45) is 6.36. The van der Waals surface area contributed by atoms with E-state index < -0.39 is 0 Å². The van der Waals surface area contributed by atoms with Gasteiger partial charge in [0.15, 0.2) is 5.78 Å². The predicted octanol–water partition coefficient (Wildman–Crippen LogP) is 2.27. The lowest BCUT2D eigenvalue weighted by atomic mass is 9.85. The Kier molecular flexibility index (Phi) is 5.80. The molecule has 1 aromatic heterocycles. The zero-order valence-corrected chi connectivity index (χ0v) is 18.8. The molecule has 2 bridgehead atoms. The van der Waals surface area contributed by atoms with E-state index in [0.717, 1.165) is 44.6 Å². The number of fused-ring (bicyclic) bond motifs is 2. The molecule has 0 N–H and O–H groups in total. The van der Waals surface area contributed by atoms with E-state index in [1.54, 1.807) is 12.4 Å². The van der Waals surface area contributed by atoms with Crippen LogP contribution in [0, 0.1) is 17.8 Å².